The van der Waals surface area contributed by atoms with Gasteiger partial charge in [-0.25, -0.2) is 0 Å². The number of carbonyl (C=O) groups is 1. The van der Waals surface area contributed by atoms with Crippen molar-refractivity contribution in [2.45, 2.75) is 26.2 Å². The average Bonchev–Trinajstić information content (AvgIpc) is 3.15. The lowest BCUT2D eigenvalue weighted by Crippen LogP contribution is -2.41. The molecule has 2 aromatic rings. The molecule has 0 bridgehead atoms. The highest BCUT2D eigenvalue weighted by atomic mass is 16.5. The smallest absolute Gasteiger partial charge is 0.223 e. The van der Waals surface area contributed by atoms with Gasteiger partial charge in [0, 0.05) is 45.6 Å². The predicted molar refractivity (Wildman–Crippen MR) is 126 cm³/mol. The number of ether oxygens (including phenoxy) is 1. The summed E-state index contributed by atoms with van der Waals surface area (Å²) < 4.78 is 5.56. The number of likely N-dealkylation sites (tertiary alicyclic amines) is 1. The van der Waals surface area contributed by atoms with Gasteiger partial charge in [0.25, 0.3) is 0 Å². The minimum Gasteiger partial charge on any atom is -0.494 e. The first kappa shape index (κ1) is 22.7. The van der Waals surface area contributed by atoms with E-state index in [9.17, 15) is 4.79 Å². The van der Waals surface area contributed by atoms with Gasteiger partial charge >= 0.3 is 0 Å². The molecule has 1 heterocycles. The molecule has 166 valence electrons. The third kappa shape index (κ3) is 7.31. The third-order valence-corrected chi connectivity index (χ3v) is 5.51. The van der Waals surface area contributed by atoms with Crippen LogP contribution in [0.2, 0.25) is 0 Å². The molecule has 1 aliphatic heterocycles. The van der Waals surface area contributed by atoms with Gasteiger partial charge in [0.2, 0.25) is 5.91 Å². The van der Waals surface area contributed by atoms with Gasteiger partial charge in [-0.2, -0.15) is 0 Å². The maximum absolute atomic E-state index is 12.4. The van der Waals surface area contributed by atoms with Crippen molar-refractivity contribution in [1.29, 1.82) is 0 Å². The Bertz CT molecular complexity index is 854. The zero-order chi connectivity index (χ0) is 21.9. The molecule has 1 amide bonds. The number of rotatable bonds is 10. The molecule has 3 rings (SSSR count). The van der Waals surface area contributed by atoms with E-state index in [2.05, 4.69) is 39.9 Å². The number of benzene rings is 2. The molecule has 1 aliphatic rings. The maximum atomic E-state index is 12.4. The summed E-state index contributed by atoms with van der Waals surface area (Å²) in [6, 6.07) is 18.5. The Morgan fingerprint density at radius 1 is 1.10 bits per heavy atom. The number of amides is 1. The summed E-state index contributed by atoms with van der Waals surface area (Å²) in [5.74, 6) is 2.24. The van der Waals surface area contributed by atoms with Crippen LogP contribution in [0.1, 0.15) is 24.5 Å². The molecule has 1 saturated heterocycles. The normalized spacial score (nSPS) is 16.5. The van der Waals surface area contributed by atoms with E-state index in [-0.39, 0.29) is 5.91 Å². The lowest BCUT2D eigenvalue weighted by molar-refractivity contribution is -0.127. The van der Waals surface area contributed by atoms with Crippen molar-refractivity contribution >= 4 is 11.9 Å². The van der Waals surface area contributed by atoms with Crippen LogP contribution in [-0.2, 0) is 17.6 Å². The standard InChI is InChI=1S/C25H34N4O2/c1-3-31-23-11-7-10-21(16-23)12-14-27-25(26-2)28-18-22-17-24(30)29(19-22)15-13-20-8-5-4-6-9-20/h4-11,16,22H,3,12-15,17-19H2,1-2H3,(H2,26,27,28). The van der Waals surface area contributed by atoms with Crippen LogP contribution in [-0.4, -0.2) is 56.6 Å². The number of nitrogens with zero attached hydrogens (tertiary/aromatic N) is 2. The van der Waals surface area contributed by atoms with Crippen LogP contribution in [0.25, 0.3) is 0 Å². The summed E-state index contributed by atoms with van der Waals surface area (Å²) in [5, 5.41) is 6.74. The molecule has 6 heteroatoms. The number of hydrogen-bond donors (Lipinski definition) is 2. The zero-order valence-corrected chi connectivity index (χ0v) is 18.6. The molecular formula is C25H34N4O2. The van der Waals surface area contributed by atoms with E-state index in [1.807, 2.05) is 42.2 Å². The van der Waals surface area contributed by atoms with Crippen molar-refractivity contribution in [2.75, 3.05) is 39.8 Å². The second kappa shape index (κ2) is 12.0. The lowest BCUT2D eigenvalue weighted by atomic mass is 10.1. The van der Waals surface area contributed by atoms with Crippen LogP contribution in [0.4, 0.5) is 0 Å². The fourth-order valence-corrected chi connectivity index (χ4v) is 3.86. The first-order valence-electron chi connectivity index (χ1n) is 11.2. The van der Waals surface area contributed by atoms with Crippen LogP contribution in [0.15, 0.2) is 59.6 Å². The molecule has 1 unspecified atom stereocenters. The van der Waals surface area contributed by atoms with E-state index in [0.717, 1.165) is 50.7 Å². The van der Waals surface area contributed by atoms with Crippen molar-refractivity contribution in [3.05, 3.63) is 65.7 Å². The van der Waals surface area contributed by atoms with E-state index in [1.54, 1.807) is 7.05 Å². The van der Waals surface area contributed by atoms with Gasteiger partial charge in [0.1, 0.15) is 5.75 Å². The Hall–Kier alpha value is -3.02. The number of hydrogen-bond acceptors (Lipinski definition) is 3. The van der Waals surface area contributed by atoms with E-state index in [1.165, 1.54) is 11.1 Å². The lowest BCUT2D eigenvalue weighted by Gasteiger charge is -2.18. The maximum Gasteiger partial charge on any atom is 0.223 e. The zero-order valence-electron chi connectivity index (χ0n) is 18.6. The number of nitrogens with one attached hydrogen (secondary N) is 2. The Morgan fingerprint density at radius 2 is 1.90 bits per heavy atom. The van der Waals surface area contributed by atoms with Gasteiger partial charge in [-0.3, -0.25) is 9.79 Å². The van der Waals surface area contributed by atoms with E-state index in [4.69, 9.17) is 4.74 Å². The second-order valence-electron chi connectivity index (χ2n) is 7.86. The van der Waals surface area contributed by atoms with Crippen molar-refractivity contribution in [1.82, 2.24) is 15.5 Å². The topological polar surface area (TPSA) is 66.0 Å². The summed E-state index contributed by atoms with van der Waals surface area (Å²) in [5.41, 5.74) is 2.50. The van der Waals surface area contributed by atoms with Gasteiger partial charge in [-0.05, 0) is 43.0 Å². The number of guanidine groups is 1. The highest BCUT2D eigenvalue weighted by Gasteiger charge is 2.29. The molecule has 0 spiro atoms. The highest BCUT2D eigenvalue weighted by molar-refractivity contribution is 5.80. The highest BCUT2D eigenvalue weighted by Crippen LogP contribution is 2.17. The molecule has 31 heavy (non-hydrogen) atoms. The Morgan fingerprint density at radius 3 is 2.68 bits per heavy atom. The first-order valence-corrected chi connectivity index (χ1v) is 11.2. The van der Waals surface area contributed by atoms with Crippen molar-refractivity contribution < 1.29 is 9.53 Å². The largest absolute Gasteiger partial charge is 0.494 e. The number of aliphatic imine (C=N–C) groups is 1. The predicted octanol–water partition coefficient (Wildman–Crippen LogP) is 2.88. The van der Waals surface area contributed by atoms with Crippen molar-refractivity contribution in [2.24, 2.45) is 10.9 Å². The van der Waals surface area contributed by atoms with Crippen molar-refractivity contribution in [3.63, 3.8) is 0 Å². The Balaban J connectivity index is 1.37. The molecule has 1 fully saturated rings. The first-order chi connectivity index (χ1) is 15.2. The van der Waals surface area contributed by atoms with Crippen LogP contribution < -0.4 is 15.4 Å². The van der Waals surface area contributed by atoms with E-state index in [0.29, 0.717) is 18.9 Å². The molecule has 0 aliphatic carbocycles. The molecule has 1 atom stereocenters. The number of carbonyl (C=O) groups excluding carboxylic acids is 1. The van der Waals surface area contributed by atoms with E-state index >= 15 is 0 Å². The minimum atomic E-state index is 0.250. The van der Waals surface area contributed by atoms with Gasteiger partial charge in [-0.1, -0.05) is 42.5 Å². The van der Waals surface area contributed by atoms with Gasteiger partial charge in [-0.15, -0.1) is 0 Å². The summed E-state index contributed by atoms with van der Waals surface area (Å²) in [7, 11) is 1.77. The fourth-order valence-electron chi connectivity index (χ4n) is 3.86. The molecule has 0 radical (unpaired) electrons. The quantitative estimate of drug-likeness (QED) is 0.456. The Labute approximate surface area is 185 Å². The monoisotopic (exact) mass is 422 g/mol. The van der Waals surface area contributed by atoms with Gasteiger partial charge in [0.15, 0.2) is 5.96 Å². The average molecular weight is 423 g/mol. The van der Waals surface area contributed by atoms with Crippen molar-refractivity contribution in [3.8, 4) is 5.75 Å². The summed E-state index contributed by atoms with van der Waals surface area (Å²) in [6.07, 6.45) is 2.39. The molecule has 2 aromatic carbocycles. The van der Waals surface area contributed by atoms with Gasteiger partial charge in [0.05, 0.1) is 6.61 Å². The summed E-state index contributed by atoms with van der Waals surface area (Å²) in [6.45, 7) is 5.78. The third-order valence-electron chi connectivity index (χ3n) is 5.51. The molecule has 6 nitrogen and oxygen atoms in total. The molecule has 0 saturated carbocycles. The molecule has 0 aromatic heterocycles. The minimum absolute atomic E-state index is 0.250. The fraction of sp³-hybridized carbons (Fsp3) is 0.440. The summed E-state index contributed by atoms with van der Waals surface area (Å²) >= 11 is 0. The van der Waals surface area contributed by atoms with Gasteiger partial charge < -0.3 is 20.3 Å². The molecular weight excluding hydrogens is 388 g/mol. The van der Waals surface area contributed by atoms with Crippen LogP contribution in [0, 0.1) is 5.92 Å². The van der Waals surface area contributed by atoms with Crippen LogP contribution in [0.5, 0.6) is 5.75 Å². The second-order valence-corrected chi connectivity index (χ2v) is 7.86. The Kier molecular flexibility index (Phi) is 8.76. The van der Waals surface area contributed by atoms with Crippen LogP contribution in [0.3, 0.4) is 0 Å². The summed E-state index contributed by atoms with van der Waals surface area (Å²) in [4.78, 5) is 18.7. The van der Waals surface area contributed by atoms with E-state index < -0.39 is 0 Å². The van der Waals surface area contributed by atoms with Crippen LogP contribution >= 0.6 is 0 Å². The molecule has 2 N–H and O–H groups in total. The SMILES string of the molecule is CCOc1cccc(CCNC(=NC)NCC2CC(=O)N(CCc3ccccc3)C2)c1.